The van der Waals surface area contributed by atoms with Crippen molar-refractivity contribution in [1.29, 1.82) is 0 Å². The molecule has 0 unspecified atom stereocenters. The van der Waals surface area contributed by atoms with E-state index >= 15 is 0 Å². The molecule has 1 aromatic carbocycles. The molecule has 2 atom stereocenters. The molecule has 0 amide bonds. The van der Waals surface area contributed by atoms with Crippen LogP contribution >= 0.6 is 0 Å². The van der Waals surface area contributed by atoms with Crippen LogP contribution in [0.1, 0.15) is 25.8 Å². The van der Waals surface area contributed by atoms with Crippen LogP contribution in [0.15, 0.2) is 30.3 Å². The first-order chi connectivity index (χ1) is 8.13. The summed E-state index contributed by atoms with van der Waals surface area (Å²) in [6.45, 7) is 8.29. The average molecular weight is 233 g/mol. The van der Waals surface area contributed by atoms with Gasteiger partial charge in [-0.1, -0.05) is 37.3 Å². The van der Waals surface area contributed by atoms with E-state index in [2.05, 4.69) is 19.1 Å². The SMILES string of the molecule is [CH2+][C@@H](Cc1ccccc1)C[C@H](C)C(=O)OCC. The van der Waals surface area contributed by atoms with Gasteiger partial charge >= 0.3 is 5.97 Å². The lowest BCUT2D eigenvalue weighted by atomic mass is 9.92. The zero-order chi connectivity index (χ0) is 12.7. The van der Waals surface area contributed by atoms with Gasteiger partial charge in [0.1, 0.15) is 5.92 Å². The number of hydrogen-bond acceptors (Lipinski definition) is 2. The third kappa shape index (κ3) is 4.94. The summed E-state index contributed by atoms with van der Waals surface area (Å²) in [5.74, 6) is 0.0622. The Bertz CT molecular complexity index is 332. The highest BCUT2D eigenvalue weighted by Gasteiger charge is 2.20. The molecule has 0 aliphatic carbocycles. The minimum Gasteiger partial charge on any atom is -0.466 e. The molecule has 0 bridgehead atoms. The van der Waals surface area contributed by atoms with Crippen LogP contribution in [0.5, 0.6) is 0 Å². The molecule has 0 aliphatic heterocycles. The Morgan fingerprint density at radius 1 is 1.35 bits per heavy atom. The molecule has 2 nitrogen and oxygen atoms in total. The first-order valence-electron chi connectivity index (χ1n) is 6.17. The Kier molecular flexibility index (Phi) is 5.61. The summed E-state index contributed by atoms with van der Waals surface area (Å²) in [5, 5.41) is 0. The number of hydrogen-bond donors (Lipinski definition) is 0. The van der Waals surface area contributed by atoms with Crippen LogP contribution in [0.25, 0.3) is 0 Å². The van der Waals surface area contributed by atoms with E-state index in [9.17, 15) is 4.79 Å². The Morgan fingerprint density at radius 2 is 2.00 bits per heavy atom. The highest BCUT2D eigenvalue weighted by atomic mass is 16.5. The van der Waals surface area contributed by atoms with E-state index in [-0.39, 0.29) is 17.8 Å². The second kappa shape index (κ2) is 7.00. The van der Waals surface area contributed by atoms with Gasteiger partial charge in [-0.2, -0.15) is 0 Å². The minimum absolute atomic E-state index is 0.0684. The minimum atomic E-state index is -0.116. The highest BCUT2D eigenvalue weighted by Crippen LogP contribution is 2.17. The maximum Gasteiger partial charge on any atom is 0.308 e. The zero-order valence-corrected chi connectivity index (χ0v) is 10.7. The topological polar surface area (TPSA) is 26.3 Å². The number of ether oxygens (including phenoxy) is 1. The van der Waals surface area contributed by atoms with E-state index in [4.69, 9.17) is 4.74 Å². The monoisotopic (exact) mass is 233 g/mol. The van der Waals surface area contributed by atoms with Gasteiger partial charge in [-0.25, -0.2) is 0 Å². The van der Waals surface area contributed by atoms with Crippen LogP contribution in [0.2, 0.25) is 0 Å². The van der Waals surface area contributed by atoms with E-state index in [0.717, 1.165) is 12.8 Å². The van der Waals surface area contributed by atoms with Crippen molar-refractivity contribution in [2.45, 2.75) is 26.7 Å². The van der Waals surface area contributed by atoms with Crippen LogP contribution in [0.3, 0.4) is 0 Å². The number of carbonyl (C=O) groups is 1. The molecule has 0 heterocycles. The van der Waals surface area contributed by atoms with Gasteiger partial charge in [0.2, 0.25) is 0 Å². The smallest absolute Gasteiger partial charge is 0.308 e. The van der Waals surface area contributed by atoms with Crippen LogP contribution in [-0.2, 0) is 16.0 Å². The molecule has 0 N–H and O–H groups in total. The number of benzene rings is 1. The van der Waals surface area contributed by atoms with Crippen LogP contribution < -0.4 is 0 Å². The van der Waals surface area contributed by atoms with Crippen molar-refractivity contribution in [3.8, 4) is 0 Å². The van der Waals surface area contributed by atoms with Gasteiger partial charge in [0.25, 0.3) is 0 Å². The summed E-state index contributed by atoms with van der Waals surface area (Å²) in [4.78, 5) is 11.5. The van der Waals surface area contributed by atoms with Crippen molar-refractivity contribution in [3.63, 3.8) is 0 Å². The van der Waals surface area contributed by atoms with Crippen molar-refractivity contribution >= 4 is 5.97 Å². The molecular formula is C15H21O2+. The van der Waals surface area contributed by atoms with Crippen molar-refractivity contribution in [3.05, 3.63) is 42.8 Å². The predicted octanol–water partition coefficient (Wildman–Crippen LogP) is 3.27. The predicted molar refractivity (Wildman–Crippen MR) is 69.4 cm³/mol. The molecule has 0 spiro atoms. The number of carbonyl (C=O) groups excluding carboxylic acids is 1. The summed E-state index contributed by atoms with van der Waals surface area (Å²) in [6, 6.07) is 10.2. The number of esters is 1. The van der Waals surface area contributed by atoms with E-state index in [0.29, 0.717) is 6.61 Å². The van der Waals surface area contributed by atoms with E-state index in [1.54, 1.807) is 0 Å². The molecule has 17 heavy (non-hydrogen) atoms. The van der Waals surface area contributed by atoms with E-state index < -0.39 is 0 Å². The lowest BCUT2D eigenvalue weighted by Gasteiger charge is -2.12. The fourth-order valence-corrected chi connectivity index (χ4v) is 1.91. The van der Waals surface area contributed by atoms with Crippen molar-refractivity contribution in [2.75, 3.05) is 6.61 Å². The Balaban J connectivity index is 2.39. The number of rotatable bonds is 6. The summed E-state index contributed by atoms with van der Waals surface area (Å²) in [6.07, 6.45) is 1.68. The second-order valence-electron chi connectivity index (χ2n) is 4.44. The maximum atomic E-state index is 11.5. The third-order valence-electron chi connectivity index (χ3n) is 2.74. The van der Waals surface area contributed by atoms with Crippen LogP contribution in [-0.4, -0.2) is 12.6 Å². The summed E-state index contributed by atoms with van der Waals surface area (Å²) in [7, 11) is 0. The standard InChI is InChI=1S/C15H21O2/c1-4-17-15(16)13(3)10-12(2)11-14-8-6-5-7-9-14/h5-9,12-13H,2,4,10-11H2,1,3H3/q+1/t12-,13+/m1/s1. The Labute approximate surface area is 104 Å². The summed E-state index contributed by atoms with van der Waals surface area (Å²) in [5.41, 5.74) is 1.27. The van der Waals surface area contributed by atoms with Gasteiger partial charge in [0.15, 0.2) is 0 Å². The Morgan fingerprint density at radius 3 is 2.59 bits per heavy atom. The largest absolute Gasteiger partial charge is 0.466 e. The highest BCUT2D eigenvalue weighted by molar-refractivity contribution is 5.71. The van der Waals surface area contributed by atoms with E-state index in [1.165, 1.54) is 5.56 Å². The fraction of sp³-hybridized carbons (Fsp3) is 0.467. The van der Waals surface area contributed by atoms with Gasteiger partial charge < -0.3 is 4.74 Å². The molecule has 1 aromatic rings. The molecule has 2 heteroatoms. The normalized spacial score (nSPS) is 14.0. The molecule has 0 saturated carbocycles. The third-order valence-corrected chi connectivity index (χ3v) is 2.74. The molecule has 0 saturated heterocycles. The van der Waals surface area contributed by atoms with Gasteiger partial charge in [-0.05, 0) is 12.5 Å². The summed E-state index contributed by atoms with van der Waals surface area (Å²) < 4.78 is 4.99. The molecule has 1 rings (SSSR count). The molecule has 0 aromatic heterocycles. The zero-order valence-electron chi connectivity index (χ0n) is 10.7. The first kappa shape index (κ1) is 13.6. The molecular weight excluding hydrogens is 212 g/mol. The van der Waals surface area contributed by atoms with Crippen LogP contribution in [0.4, 0.5) is 0 Å². The average Bonchev–Trinajstić information content (AvgIpc) is 2.30. The van der Waals surface area contributed by atoms with Gasteiger partial charge in [0.05, 0.1) is 19.4 Å². The quantitative estimate of drug-likeness (QED) is 0.557. The Hall–Kier alpha value is -1.44. The molecule has 0 fully saturated rings. The lowest BCUT2D eigenvalue weighted by Crippen LogP contribution is -2.18. The van der Waals surface area contributed by atoms with Crippen molar-refractivity contribution in [1.82, 2.24) is 0 Å². The fourth-order valence-electron chi connectivity index (χ4n) is 1.91. The van der Waals surface area contributed by atoms with Gasteiger partial charge in [-0.3, -0.25) is 4.79 Å². The van der Waals surface area contributed by atoms with Crippen molar-refractivity contribution < 1.29 is 9.53 Å². The molecule has 0 radical (unpaired) electrons. The second-order valence-corrected chi connectivity index (χ2v) is 4.44. The van der Waals surface area contributed by atoms with E-state index in [1.807, 2.05) is 32.0 Å². The maximum absolute atomic E-state index is 11.5. The van der Waals surface area contributed by atoms with Crippen molar-refractivity contribution in [2.24, 2.45) is 11.8 Å². The first-order valence-corrected chi connectivity index (χ1v) is 6.17. The van der Waals surface area contributed by atoms with Gasteiger partial charge in [0, 0.05) is 12.8 Å². The van der Waals surface area contributed by atoms with Gasteiger partial charge in [-0.15, -0.1) is 0 Å². The molecule has 92 valence electrons. The lowest BCUT2D eigenvalue weighted by molar-refractivity contribution is -0.147. The van der Waals surface area contributed by atoms with Crippen LogP contribution in [0, 0.1) is 18.8 Å². The summed E-state index contributed by atoms with van der Waals surface area (Å²) >= 11 is 0. The molecule has 0 aliphatic rings.